The number of benzene rings is 1. The molecule has 0 saturated heterocycles. The Morgan fingerprint density at radius 3 is 2.68 bits per heavy atom. The summed E-state index contributed by atoms with van der Waals surface area (Å²) in [7, 11) is 0. The number of hydrogen-bond donors (Lipinski definition) is 3. The second-order valence-electron chi connectivity index (χ2n) is 4.52. The normalized spacial score (nSPS) is 9.95. The van der Waals surface area contributed by atoms with E-state index in [1.807, 2.05) is 31.2 Å². The van der Waals surface area contributed by atoms with Crippen molar-refractivity contribution in [2.75, 3.05) is 11.9 Å². The first kappa shape index (κ1) is 15.0. The smallest absolute Gasteiger partial charge is 0.312 e. The van der Waals surface area contributed by atoms with Crippen molar-refractivity contribution >= 4 is 17.6 Å². The van der Waals surface area contributed by atoms with Gasteiger partial charge in [-0.15, -0.1) is 0 Å². The Kier molecular flexibility index (Phi) is 6.43. The minimum atomic E-state index is -0.503. The maximum atomic E-state index is 11.7. The molecule has 1 rings (SSSR count). The van der Waals surface area contributed by atoms with Gasteiger partial charge in [-0.25, -0.2) is 4.79 Å². The van der Waals surface area contributed by atoms with Crippen molar-refractivity contribution in [3.63, 3.8) is 0 Å². The first-order chi connectivity index (χ1) is 9.08. The van der Waals surface area contributed by atoms with Crippen molar-refractivity contribution in [1.29, 1.82) is 0 Å². The van der Waals surface area contributed by atoms with E-state index < -0.39 is 6.03 Å². The maximum absolute atomic E-state index is 11.7. The van der Waals surface area contributed by atoms with Crippen LogP contribution in [-0.2, 0) is 4.79 Å². The van der Waals surface area contributed by atoms with Crippen molar-refractivity contribution in [3.05, 3.63) is 29.8 Å². The predicted octanol–water partition coefficient (Wildman–Crippen LogP) is 2.16. The summed E-state index contributed by atoms with van der Waals surface area (Å²) in [5.41, 5.74) is 6.89. The standard InChI is InChI=1S/C14H21N3O2/c1-11-6-5-7-12(10-11)17-13(18)8-3-2-4-9-16-14(15)19/h5-7,10H,2-4,8-9H2,1H3,(H,17,18)(H3,15,16,19). The summed E-state index contributed by atoms with van der Waals surface area (Å²) >= 11 is 0. The summed E-state index contributed by atoms with van der Waals surface area (Å²) in [6, 6.07) is 7.22. The van der Waals surface area contributed by atoms with E-state index in [4.69, 9.17) is 5.73 Å². The molecule has 0 unspecified atom stereocenters. The van der Waals surface area contributed by atoms with Gasteiger partial charge < -0.3 is 16.4 Å². The highest BCUT2D eigenvalue weighted by Gasteiger charge is 2.02. The summed E-state index contributed by atoms with van der Waals surface area (Å²) in [6.07, 6.45) is 3.02. The molecule has 0 spiro atoms. The first-order valence-electron chi connectivity index (χ1n) is 6.48. The fourth-order valence-corrected chi connectivity index (χ4v) is 1.75. The zero-order valence-electron chi connectivity index (χ0n) is 11.2. The van der Waals surface area contributed by atoms with E-state index in [9.17, 15) is 9.59 Å². The third-order valence-corrected chi connectivity index (χ3v) is 2.68. The molecule has 0 aliphatic carbocycles. The third kappa shape index (κ3) is 7.08. The lowest BCUT2D eigenvalue weighted by atomic mass is 10.1. The number of anilines is 1. The van der Waals surface area contributed by atoms with Gasteiger partial charge in [-0.3, -0.25) is 4.79 Å². The summed E-state index contributed by atoms with van der Waals surface area (Å²) in [4.78, 5) is 22.1. The largest absolute Gasteiger partial charge is 0.352 e. The molecule has 104 valence electrons. The molecule has 0 aliphatic rings. The average Bonchev–Trinajstić information content (AvgIpc) is 2.33. The molecule has 5 heteroatoms. The lowest BCUT2D eigenvalue weighted by molar-refractivity contribution is -0.116. The molecule has 0 heterocycles. The monoisotopic (exact) mass is 263 g/mol. The Labute approximate surface area is 113 Å². The van der Waals surface area contributed by atoms with Gasteiger partial charge in [-0.05, 0) is 37.5 Å². The SMILES string of the molecule is Cc1cccc(NC(=O)CCCCCNC(N)=O)c1. The lowest BCUT2D eigenvalue weighted by Gasteiger charge is -2.06. The minimum Gasteiger partial charge on any atom is -0.352 e. The molecule has 0 saturated carbocycles. The number of hydrogen-bond acceptors (Lipinski definition) is 2. The first-order valence-corrected chi connectivity index (χ1v) is 6.48. The van der Waals surface area contributed by atoms with E-state index in [1.54, 1.807) is 0 Å². The van der Waals surface area contributed by atoms with E-state index in [-0.39, 0.29) is 5.91 Å². The number of unbranched alkanes of at least 4 members (excludes halogenated alkanes) is 2. The molecule has 0 aliphatic heterocycles. The van der Waals surface area contributed by atoms with Crippen molar-refractivity contribution in [2.45, 2.75) is 32.6 Å². The maximum Gasteiger partial charge on any atom is 0.312 e. The Morgan fingerprint density at radius 2 is 2.00 bits per heavy atom. The Hall–Kier alpha value is -2.04. The number of nitrogens with two attached hydrogens (primary N) is 1. The zero-order valence-corrected chi connectivity index (χ0v) is 11.2. The van der Waals surface area contributed by atoms with E-state index in [0.717, 1.165) is 30.5 Å². The highest BCUT2D eigenvalue weighted by molar-refractivity contribution is 5.90. The number of amides is 3. The molecule has 0 aromatic heterocycles. The fourth-order valence-electron chi connectivity index (χ4n) is 1.75. The predicted molar refractivity (Wildman–Crippen MR) is 75.9 cm³/mol. The van der Waals surface area contributed by atoms with Gasteiger partial charge in [-0.1, -0.05) is 18.6 Å². The quantitative estimate of drug-likeness (QED) is 0.659. The van der Waals surface area contributed by atoms with Crippen LogP contribution >= 0.6 is 0 Å². The molecule has 1 aromatic rings. The second-order valence-corrected chi connectivity index (χ2v) is 4.52. The molecule has 4 N–H and O–H groups in total. The number of nitrogens with one attached hydrogen (secondary N) is 2. The molecular formula is C14H21N3O2. The number of urea groups is 1. The minimum absolute atomic E-state index is 0.0217. The molecule has 0 bridgehead atoms. The summed E-state index contributed by atoms with van der Waals surface area (Å²) < 4.78 is 0. The second kappa shape index (κ2) is 8.13. The zero-order chi connectivity index (χ0) is 14.1. The van der Waals surface area contributed by atoms with Crippen molar-refractivity contribution < 1.29 is 9.59 Å². The Bertz CT molecular complexity index is 432. The van der Waals surface area contributed by atoms with Crippen LogP contribution in [0.25, 0.3) is 0 Å². The van der Waals surface area contributed by atoms with Crippen molar-refractivity contribution in [1.82, 2.24) is 5.32 Å². The van der Waals surface area contributed by atoms with Gasteiger partial charge in [-0.2, -0.15) is 0 Å². The van der Waals surface area contributed by atoms with Crippen LogP contribution in [0.4, 0.5) is 10.5 Å². The molecule has 3 amide bonds. The van der Waals surface area contributed by atoms with Crippen LogP contribution in [-0.4, -0.2) is 18.5 Å². The number of aryl methyl sites for hydroxylation is 1. The van der Waals surface area contributed by atoms with Crippen LogP contribution in [0.15, 0.2) is 24.3 Å². The topological polar surface area (TPSA) is 84.2 Å². The number of carbonyl (C=O) groups excluding carboxylic acids is 2. The van der Waals surface area contributed by atoms with Crippen LogP contribution in [0.1, 0.15) is 31.2 Å². The van der Waals surface area contributed by atoms with E-state index in [2.05, 4.69) is 10.6 Å². The summed E-state index contributed by atoms with van der Waals surface area (Å²) in [5, 5.41) is 5.38. The summed E-state index contributed by atoms with van der Waals surface area (Å²) in [5.74, 6) is 0.0217. The van der Waals surface area contributed by atoms with Crippen molar-refractivity contribution in [3.8, 4) is 0 Å². The number of carbonyl (C=O) groups is 2. The molecule has 0 radical (unpaired) electrons. The van der Waals surface area contributed by atoms with Crippen molar-refractivity contribution in [2.24, 2.45) is 5.73 Å². The van der Waals surface area contributed by atoms with Gasteiger partial charge in [0.1, 0.15) is 0 Å². The van der Waals surface area contributed by atoms with Gasteiger partial charge in [0.15, 0.2) is 0 Å². The Balaban J connectivity index is 2.13. The van der Waals surface area contributed by atoms with Crippen LogP contribution in [0.3, 0.4) is 0 Å². The van der Waals surface area contributed by atoms with Gasteiger partial charge in [0.25, 0.3) is 0 Å². The molecule has 0 fully saturated rings. The van der Waals surface area contributed by atoms with Gasteiger partial charge >= 0.3 is 6.03 Å². The van der Waals surface area contributed by atoms with Crippen LogP contribution < -0.4 is 16.4 Å². The van der Waals surface area contributed by atoms with Gasteiger partial charge in [0.2, 0.25) is 5.91 Å². The van der Waals surface area contributed by atoms with E-state index in [0.29, 0.717) is 13.0 Å². The Morgan fingerprint density at radius 1 is 1.21 bits per heavy atom. The highest BCUT2D eigenvalue weighted by Crippen LogP contribution is 2.10. The van der Waals surface area contributed by atoms with Gasteiger partial charge in [0, 0.05) is 18.7 Å². The lowest BCUT2D eigenvalue weighted by Crippen LogP contribution is -2.29. The van der Waals surface area contributed by atoms with Crippen LogP contribution in [0, 0.1) is 6.92 Å². The summed E-state index contributed by atoms with van der Waals surface area (Å²) in [6.45, 7) is 2.55. The molecule has 0 atom stereocenters. The van der Waals surface area contributed by atoms with E-state index in [1.165, 1.54) is 0 Å². The molecule has 5 nitrogen and oxygen atoms in total. The number of primary amides is 1. The molecule has 1 aromatic carbocycles. The molecule has 19 heavy (non-hydrogen) atoms. The van der Waals surface area contributed by atoms with Crippen LogP contribution in [0.2, 0.25) is 0 Å². The number of rotatable bonds is 7. The molecular weight excluding hydrogens is 242 g/mol. The van der Waals surface area contributed by atoms with Gasteiger partial charge in [0.05, 0.1) is 0 Å². The van der Waals surface area contributed by atoms with E-state index >= 15 is 0 Å². The van der Waals surface area contributed by atoms with Crippen LogP contribution in [0.5, 0.6) is 0 Å². The average molecular weight is 263 g/mol. The highest BCUT2D eigenvalue weighted by atomic mass is 16.2. The fraction of sp³-hybridized carbons (Fsp3) is 0.429. The third-order valence-electron chi connectivity index (χ3n) is 2.68.